The van der Waals surface area contributed by atoms with E-state index in [1.54, 1.807) is 36.4 Å². The number of nitrogens with one attached hydrogen (secondary N) is 2. The Balaban J connectivity index is 1.84. The number of aryl methyl sites for hydroxylation is 1. The van der Waals surface area contributed by atoms with E-state index in [2.05, 4.69) is 10.6 Å². The lowest BCUT2D eigenvalue weighted by Crippen LogP contribution is -2.37. The molecule has 3 aromatic rings. The highest BCUT2D eigenvalue weighted by Crippen LogP contribution is 2.28. The Morgan fingerprint density at radius 1 is 1.00 bits per heavy atom. The molecular weight excluding hydrogens is 332 g/mol. The van der Waals surface area contributed by atoms with E-state index in [0.717, 1.165) is 11.1 Å². The number of rotatable bonds is 6. The number of phenolic OH excluding ortho intramolecular Hbond substituents is 2. The monoisotopic (exact) mass is 352 g/mol. The molecule has 0 bridgehead atoms. The zero-order chi connectivity index (χ0) is 18.8. The molecular formula is C20H20N2O4. The van der Waals surface area contributed by atoms with Crippen LogP contribution in [0.3, 0.4) is 0 Å². The number of hydrogen-bond donors (Lipinski definition) is 4. The van der Waals surface area contributed by atoms with Crippen molar-refractivity contribution in [3.8, 4) is 11.5 Å². The third-order valence-electron chi connectivity index (χ3n) is 4.37. The van der Waals surface area contributed by atoms with Crippen LogP contribution in [0.1, 0.15) is 31.0 Å². The van der Waals surface area contributed by atoms with E-state index in [0.29, 0.717) is 12.1 Å². The molecule has 0 aliphatic rings. The molecule has 0 amide bonds. The predicted molar refractivity (Wildman–Crippen MR) is 102 cm³/mol. The van der Waals surface area contributed by atoms with Crippen molar-refractivity contribution in [2.24, 2.45) is 0 Å². The lowest BCUT2D eigenvalue weighted by atomic mass is 10.1. The Morgan fingerprint density at radius 2 is 1.73 bits per heavy atom. The number of hydrogen-bond acceptors (Lipinski definition) is 6. The van der Waals surface area contributed by atoms with Crippen molar-refractivity contribution in [1.82, 2.24) is 0 Å². The first kappa shape index (κ1) is 17.5. The Labute approximate surface area is 150 Å². The molecule has 0 radical (unpaired) electrons. The molecule has 0 spiro atoms. The first-order chi connectivity index (χ1) is 12.4. The highest BCUT2D eigenvalue weighted by Gasteiger charge is 2.23. The smallest absolute Gasteiger partial charge is 0.253 e. The topological polar surface area (TPSA) is 98.7 Å². The summed E-state index contributed by atoms with van der Waals surface area (Å²) < 4.78 is 0. The fraction of sp³-hybridized carbons (Fsp3) is 0.200. The van der Waals surface area contributed by atoms with Gasteiger partial charge in [0.15, 0.2) is 0 Å². The second-order valence-corrected chi connectivity index (χ2v) is 6.19. The van der Waals surface area contributed by atoms with Crippen molar-refractivity contribution < 1.29 is 10.2 Å². The van der Waals surface area contributed by atoms with Crippen molar-refractivity contribution >= 4 is 17.1 Å². The van der Waals surface area contributed by atoms with E-state index in [-0.39, 0.29) is 28.9 Å². The summed E-state index contributed by atoms with van der Waals surface area (Å²) in [6, 6.07) is 11.4. The first-order valence-electron chi connectivity index (χ1n) is 8.38. The summed E-state index contributed by atoms with van der Waals surface area (Å²) in [6.45, 7) is 3.76. The van der Waals surface area contributed by atoms with Crippen LogP contribution in [-0.4, -0.2) is 10.2 Å². The average molecular weight is 352 g/mol. The summed E-state index contributed by atoms with van der Waals surface area (Å²) in [5.74, 6) is 0.328. The predicted octanol–water partition coefficient (Wildman–Crippen LogP) is 3.17. The summed E-state index contributed by atoms with van der Waals surface area (Å²) in [4.78, 5) is 23.9. The molecule has 0 aliphatic carbocycles. The summed E-state index contributed by atoms with van der Waals surface area (Å²) in [5, 5.41) is 25.3. The normalized spacial score (nSPS) is 12.1. The van der Waals surface area contributed by atoms with Gasteiger partial charge in [-0.1, -0.05) is 19.1 Å². The number of aromatic hydroxyl groups is 2. The van der Waals surface area contributed by atoms with Gasteiger partial charge in [-0.15, -0.1) is 0 Å². The molecule has 6 heteroatoms. The molecule has 0 heterocycles. The SMILES string of the molecule is CCc1cc(Nc2c(N[C@H](C)c3cccc(O)c3)c(=O)c2=O)ccc1O. The van der Waals surface area contributed by atoms with Crippen LogP contribution in [-0.2, 0) is 6.42 Å². The summed E-state index contributed by atoms with van der Waals surface area (Å²) in [6.07, 6.45) is 0.646. The highest BCUT2D eigenvalue weighted by atomic mass is 16.3. The molecule has 3 rings (SSSR count). The van der Waals surface area contributed by atoms with Gasteiger partial charge in [0.05, 0.1) is 0 Å². The Kier molecular flexibility index (Phi) is 4.67. The van der Waals surface area contributed by atoms with Crippen LogP contribution in [0.4, 0.5) is 17.1 Å². The second-order valence-electron chi connectivity index (χ2n) is 6.19. The van der Waals surface area contributed by atoms with Crippen LogP contribution in [0.5, 0.6) is 11.5 Å². The molecule has 0 saturated heterocycles. The van der Waals surface area contributed by atoms with Crippen molar-refractivity contribution in [1.29, 1.82) is 0 Å². The van der Waals surface area contributed by atoms with Crippen molar-refractivity contribution in [3.05, 3.63) is 74.0 Å². The van der Waals surface area contributed by atoms with Gasteiger partial charge in [-0.25, -0.2) is 0 Å². The standard InChI is InChI=1S/C20H20N2O4/c1-3-12-9-14(7-8-16(12)24)22-18-17(19(25)20(18)26)21-11(2)13-5-4-6-15(23)10-13/h4-11,21-24H,3H2,1-2H3/t11-/m1/s1. The summed E-state index contributed by atoms with van der Waals surface area (Å²) in [5.41, 5.74) is 1.43. The van der Waals surface area contributed by atoms with Gasteiger partial charge in [0.2, 0.25) is 0 Å². The van der Waals surface area contributed by atoms with Crippen molar-refractivity contribution in [2.45, 2.75) is 26.3 Å². The number of benzene rings is 2. The molecule has 1 atom stereocenters. The third-order valence-corrected chi connectivity index (χ3v) is 4.37. The first-order valence-corrected chi connectivity index (χ1v) is 8.38. The molecule has 0 aromatic heterocycles. The van der Waals surface area contributed by atoms with E-state index in [4.69, 9.17) is 0 Å². The quantitative estimate of drug-likeness (QED) is 0.402. The minimum absolute atomic E-state index is 0.135. The zero-order valence-corrected chi connectivity index (χ0v) is 14.5. The fourth-order valence-corrected chi connectivity index (χ4v) is 2.83. The Morgan fingerprint density at radius 3 is 2.42 bits per heavy atom. The maximum absolute atomic E-state index is 12.0. The summed E-state index contributed by atoms with van der Waals surface area (Å²) in [7, 11) is 0. The minimum Gasteiger partial charge on any atom is -0.508 e. The number of phenols is 2. The second kappa shape index (κ2) is 6.92. The van der Waals surface area contributed by atoms with Crippen LogP contribution >= 0.6 is 0 Å². The lowest BCUT2D eigenvalue weighted by molar-refractivity contribution is 0.469. The molecule has 4 N–H and O–H groups in total. The minimum atomic E-state index is -0.582. The van der Waals surface area contributed by atoms with Gasteiger partial charge >= 0.3 is 0 Å². The molecule has 26 heavy (non-hydrogen) atoms. The molecule has 0 aliphatic heterocycles. The van der Waals surface area contributed by atoms with Gasteiger partial charge in [0.25, 0.3) is 10.9 Å². The van der Waals surface area contributed by atoms with Gasteiger partial charge < -0.3 is 20.8 Å². The Bertz CT molecular complexity index is 1020. The van der Waals surface area contributed by atoms with Crippen LogP contribution in [0, 0.1) is 0 Å². The van der Waals surface area contributed by atoms with Crippen LogP contribution in [0.25, 0.3) is 0 Å². The maximum atomic E-state index is 12.0. The van der Waals surface area contributed by atoms with Crippen molar-refractivity contribution in [3.63, 3.8) is 0 Å². The van der Waals surface area contributed by atoms with E-state index >= 15 is 0 Å². The maximum Gasteiger partial charge on any atom is 0.253 e. The van der Waals surface area contributed by atoms with Gasteiger partial charge in [-0.05, 0) is 54.8 Å². The Hall–Kier alpha value is -3.28. The van der Waals surface area contributed by atoms with Gasteiger partial charge in [0, 0.05) is 11.7 Å². The van der Waals surface area contributed by atoms with Crippen LogP contribution in [0.2, 0.25) is 0 Å². The molecule has 6 nitrogen and oxygen atoms in total. The summed E-state index contributed by atoms with van der Waals surface area (Å²) >= 11 is 0. The number of anilines is 3. The largest absolute Gasteiger partial charge is 0.508 e. The molecule has 0 fully saturated rings. The zero-order valence-electron chi connectivity index (χ0n) is 14.5. The third kappa shape index (κ3) is 3.26. The van der Waals surface area contributed by atoms with Crippen LogP contribution < -0.4 is 21.5 Å². The van der Waals surface area contributed by atoms with E-state index in [1.807, 2.05) is 19.9 Å². The fourth-order valence-electron chi connectivity index (χ4n) is 2.83. The van der Waals surface area contributed by atoms with E-state index in [9.17, 15) is 19.8 Å². The van der Waals surface area contributed by atoms with Crippen LogP contribution in [0.15, 0.2) is 52.1 Å². The molecule has 3 aromatic carbocycles. The molecule has 0 unspecified atom stereocenters. The van der Waals surface area contributed by atoms with E-state index < -0.39 is 10.9 Å². The molecule has 134 valence electrons. The average Bonchev–Trinajstić information content (AvgIpc) is 2.65. The van der Waals surface area contributed by atoms with Gasteiger partial charge in [-0.3, -0.25) is 9.59 Å². The molecule has 0 saturated carbocycles. The lowest BCUT2D eigenvalue weighted by Gasteiger charge is -2.20. The van der Waals surface area contributed by atoms with Gasteiger partial charge in [0.1, 0.15) is 22.9 Å². The highest BCUT2D eigenvalue weighted by molar-refractivity contribution is 5.79. The van der Waals surface area contributed by atoms with Crippen molar-refractivity contribution in [2.75, 3.05) is 10.6 Å². The van der Waals surface area contributed by atoms with Gasteiger partial charge in [-0.2, -0.15) is 0 Å². The van der Waals surface area contributed by atoms with E-state index in [1.165, 1.54) is 0 Å².